The van der Waals surface area contributed by atoms with Gasteiger partial charge in [0.25, 0.3) is 0 Å². The third-order valence-electron chi connectivity index (χ3n) is 16.5. The van der Waals surface area contributed by atoms with Crippen LogP contribution in [0.3, 0.4) is 0 Å². The Morgan fingerprint density at radius 3 is 0.500 bits per heavy atom. The molecule has 344 valence electrons. The Morgan fingerprint density at radius 1 is 0.153 bits per heavy atom. The van der Waals surface area contributed by atoms with E-state index in [1.807, 2.05) is 0 Å². The Bertz CT molecular complexity index is 3110. The van der Waals surface area contributed by atoms with Gasteiger partial charge in [-0.2, -0.15) is 0 Å². The van der Waals surface area contributed by atoms with Crippen molar-refractivity contribution in [1.82, 2.24) is 0 Å². The van der Waals surface area contributed by atoms with Crippen molar-refractivity contribution in [1.29, 1.82) is 0 Å². The molecule has 0 radical (unpaired) electrons. The number of rotatable bonds is 11. The highest BCUT2D eigenvalue weighted by atomic mass is 30.2. The van der Waals surface area contributed by atoms with Crippen LogP contribution in [0.15, 0.2) is 334 Å². The van der Waals surface area contributed by atoms with Gasteiger partial charge in [0, 0.05) is 0 Å². The van der Waals surface area contributed by atoms with Gasteiger partial charge in [-0.05, 0) is 0 Å². The van der Waals surface area contributed by atoms with Crippen LogP contribution in [0.5, 0.6) is 0 Å². The lowest BCUT2D eigenvalue weighted by molar-refractivity contribution is 1.68. The molecule has 0 saturated carbocycles. The molecule has 1 aliphatic rings. The van der Waals surface area contributed by atoms with Crippen molar-refractivity contribution in [2.75, 3.05) is 0 Å². The lowest BCUT2D eigenvalue weighted by atomic mass is 10.4. The van der Waals surface area contributed by atoms with Gasteiger partial charge in [0.05, 0.1) is 7.83 Å². The van der Waals surface area contributed by atoms with Gasteiger partial charge in [-0.15, -0.1) is 0 Å². The third kappa shape index (κ3) is 6.43. The zero-order valence-corrected chi connectivity index (χ0v) is 46.5. The van der Waals surface area contributed by atoms with E-state index in [0.29, 0.717) is 0 Å². The Morgan fingerprint density at radius 2 is 0.306 bits per heavy atom. The molecule has 11 aromatic rings. The quantitative estimate of drug-likeness (QED) is 0.124. The van der Waals surface area contributed by atoms with Crippen molar-refractivity contribution >= 4 is 100 Å². The summed E-state index contributed by atoms with van der Waals surface area (Å²) >= 11 is 0. The summed E-state index contributed by atoms with van der Waals surface area (Å²) in [5.41, 5.74) is 0. The summed E-state index contributed by atoms with van der Waals surface area (Å²) in [6.07, 6.45) is 0. The molecule has 0 nitrogen and oxygen atoms in total. The minimum absolute atomic E-state index is 1.56. The smallest absolute Gasteiger partial charge is 0.0671 e. The number of hydrogen-bond donors (Lipinski definition) is 0. The number of benzene rings is 11. The Hall–Kier alpha value is -7.28. The van der Waals surface area contributed by atoms with Gasteiger partial charge in [0.2, 0.25) is 0 Å². The van der Waals surface area contributed by atoms with E-state index in [9.17, 15) is 0 Å². The largest absolute Gasteiger partial charge is 0.121 e. The molecule has 0 aromatic heterocycles. The van der Waals surface area contributed by atoms with Crippen LogP contribution >= 0.6 is 0 Å². The molecule has 72 heavy (non-hydrogen) atoms. The second-order valence-corrected chi connectivity index (χ2v) is 71.0. The average molecular weight is 1020 g/mol. The topological polar surface area (TPSA) is 0 Å². The Kier molecular flexibility index (Phi) is 12.3. The maximum Gasteiger partial charge on any atom is 0.121 e. The first-order valence-electron chi connectivity index (χ1n) is 25.4. The highest BCUT2D eigenvalue weighted by Gasteiger charge is 2.90. The van der Waals surface area contributed by atoms with Gasteiger partial charge in [0.15, 0.2) is 0 Å². The van der Waals surface area contributed by atoms with E-state index < -0.39 is 43.4 Å². The standard InChI is InChI=1S/C66H56Si6/c1-12-34-56(35-13-1)67-68(57-36-14-2-15-37-57,58-38-16-3-17-39-58)70(61-44-22-6-23-45-61,62-46-24-7-25-47-62)72(65-52-30-10-31-53-65,66-54-32-11-33-55-66)71(63-48-26-8-27-49-63,64-50-28-9-29-51-64)69(67,59-40-18-4-19-41-59)60-42-20-5-21-43-60/h1-55,67H. The highest BCUT2D eigenvalue weighted by molar-refractivity contribution is 8.24. The van der Waals surface area contributed by atoms with Gasteiger partial charge in [-0.1, -0.05) is 391 Å². The van der Waals surface area contributed by atoms with Crippen LogP contribution in [-0.4, -0.2) is 43.4 Å². The molecule has 1 aliphatic heterocycles. The van der Waals surface area contributed by atoms with Crippen LogP contribution in [0.25, 0.3) is 0 Å². The lowest BCUT2D eigenvalue weighted by Gasteiger charge is -2.76. The second-order valence-electron chi connectivity index (χ2n) is 19.4. The number of hydrogen-bond acceptors (Lipinski definition) is 0. The highest BCUT2D eigenvalue weighted by Crippen LogP contribution is 2.47. The minimum atomic E-state index is -3.70. The molecule has 11 aromatic carbocycles. The van der Waals surface area contributed by atoms with E-state index in [4.69, 9.17) is 0 Å². The predicted octanol–water partition coefficient (Wildman–Crippen LogP) is 6.92. The maximum atomic E-state index is 2.65. The molecule has 0 bridgehead atoms. The van der Waals surface area contributed by atoms with Gasteiger partial charge in [-0.3, -0.25) is 0 Å². The average Bonchev–Trinajstić information content (AvgIpc) is 3.48. The third-order valence-corrected chi connectivity index (χ3v) is 131. The molecule has 12 rings (SSSR count). The molecule has 0 amide bonds. The molecular formula is C66H56Si6. The molecule has 1 saturated heterocycles. The molecule has 0 atom stereocenters. The fourth-order valence-corrected chi connectivity index (χ4v) is 232. The van der Waals surface area contributed by atoms with Crippen LogP contribution in [0, 0.1) is 0 Å². The van der Waals surface area contributed by atoms with E-state index >= 15 is 0 Å². The summed E-state index contributed by atoms with van der Waals surface area (Å²) in [4.78, 5) is 0. The van der Waals surface area contributed by atoms with Crippen molar-refractivity contribution < 1.29 is 0 Å². The summed E-state index contributed by atoms with van der Waals surface area (Å²) in [5, 5.41) is 17.3. The molecule has 1 fully saturated rings. The molecule has 0 aliphatic carbocycles. The molecule has 1 heterocycles. The Labute approximate surface area is 431 Å². The summed E-state index contributed by atoms with van der Waals surface area (Å²) in [5.74, 6) is 0. The lowest BCUT2D eigenvalue weighted by Crippen LogP contribution is -3.21. The molecule has 0 unspecified atom stereocenters. The monoisotopic (exact) mass is 1020 g/mol. The normalized spacial score (nSPS) is 16.3. The van der Waals surface area contributed by atoms with E-state index in [1.54, 1.807) is 57.1 Å². The molecule has 0 N–H and O–H groups in total. The van der Waals surface area contributed by atoms with E-state index in [0.717, 1.165) is 0 Å². The van der Waals surface area contributed by atoms with Crippen LogP contribution in [0.4, 0.5) is 0 Å². The zero-order chi connectivity index (χ0) is 48.3. The van der Waals surface area contributed by atoms with Crippen molar-refractivity contribution in [3.05, 3.63) is 334 Å². The maximum absolute atomic E-state index is 3.70. The first-order chi connectivity index (χ1) is 35.8. The summed E-state index contributed by atoms with van der Waals surface area (Å²) in [6.45, 7) is 0. The fourth-order valence-electron chi connectivity index (χ4n) is 14.7. The van der Waals surface area contributed by atoms with Crippen molar-refractivity contribution in [2.24, 2.45) is 0 Å². The molecular weight excluding hydrogens is 961 g/mol. The van der Waals surface area contributed by atoms with Gasteiger partial charge < -0.3 is 0 Å². The Balaban J connectivity index is 1.59. The van der Waals surface area contributed by atoms with Crippen LogP contribution in [-0.2, 0) is 0 Å². The van der Waals surface area contributed by atoms with E-state index in [1.165, 1.54) is 0 Å². The summed E-state index contributed by atoms with van der Waals surface area (Å²) in [7, 11) is -20.6. The van der Waals surface area contributed by atoms with E-state index in [-0.39, 0.29) is 0 Å². The van der Waals surface area contributed by atoms with Crippen LogP contribution < -0.4 is 57.1 Å². The van der Waals surface area contributed by atoms with Crippen molar-refractivity contribution in [3.63, 3.8) is 0 Å². The zero-order valence-electron chi connectivity index (χ0n) is 40.3. The minimum Gasteiger partial charge on any atom is -0.0671 e. The van der Waals surface area contributed by atoms with Gasteiger partial charge in [0.1, 0.15) is 35.5 Å². The predicted molar refractivity (Wildman–Crippen MR) is 323 cm³/mol. The first kappa shape index (κ1) is 45.8. The van der Waals surface area contributed by atoms with Crippen LogP contribution in [0.1, 0.15) is 0 Å². The van der Waals surface area contributed by atoms with Gasteiger partial charge >= 0.3 is 0 Å². The van der Waals surface area contributed by atoms with E-state index in [2.05, 4.69) is 334 Å². The SMILES string of the molecule is c1ccc([SiH]2[Si](c3ccccc3)(c3ccccc3)[Si](c3ccccc3)(c3ccccc3)[Si](c3ccccc3)(c3ccccc3)[Si](c3ccccc3)(c3ccccc3)[Si]2(c2ccccc2)c2ccccc2)cc1. The van der Waals surface area contributed by atoms with Gasteiger partial charge in [-0.25, -0.2) is 0 Å². The fraction of sp³-hybridized carbons (Fsp3) is 0. The first-order valence-corrected chi connectivity index (χ1v) is 43.6. The van der Waals surface area contributed by atoms with Crippen molar-refractivity contribution in [3.8, 4) is 0 Å². The summed E-state index contributed by atoms with van der Waals surface area (Å²) in [6, 6.07) is 136. The molecule has 6 heteroatoms. The van der Waals surface area contributed by atoms with Crippen LogP contribution in [0.2, 0.25) is 0 Å². The van der Waals surface area contributed by atoms with Crippen molar-refractivity contribution in [2.45, 2.75) is 0 Å². The summed E-state index contributed by atoms with van der Waals surface area (Å²) < 4.78 is 0. The second kappa shape index (κ2) is 19.4. The molecule has 0 spiro atoms.